The van der Waals surface area contributed by atoms with E-state index in [1.807, 2.05) is 47.2 Å². The number of amides is 2. The highest BCUT2D eigenvalue weighted by Gasteiger charge is 2.08. The van der Waals surface area contributed by atoms with Crippen molar-refractivity contribution in [3.63, 3.8) is 0 Å². The normalized spacial score (nSPS) is 10.3. The van der Waals surface area contributed by atoms with Gasteiger partial charge in [0.15, 0.2) is 0 Å². The summed E-state index contributed by atoms with van der Waals surface area (Å²) < 4.78 is 5.60. The Bertz CT molecular complexity index is 528. The summed E-state index contributed by atoms with van der Waals surface area (Å²) in [5.41, 5.74) is 2.01. The smallest absolute Gasteiger partial charge is 0.321 e. The zero-order chi connectivity index (χ0) is 14.9. The molecule has 0 saturated carbocycles. The highest BCUT2D eigenvalue weighted by Crippen LogP contribution is 2.12. The van der Waals surface area contributed by atoms with Crippen LogP contribution in [0.4, 0.5) is 10.5 Å². The van der Waals surface area contributed by atoms with Gasteiger partial charge in [-0.1, -0.05) is 30.3 Å². The summed E-state index contributed by atoms with van der Waals surface area (Å²) in [6.45, 7) is 1.93. The molecule has 0 aliphatic heterocycles. The second-order valence-electron chi connectivity index (χ2n) is 4.76. The molecule has 4 nitrogen and oxygen atoms in total. The van der Waals surface area contributed by atoms with E-state index in [2.05, 4.69) is 5.32 Å². The molecule has 0 bridgehead atoms. The molecule has 1 heterocycles. The Labute approximate surface area is 129 Å². The van der Waals surface area contributed by atoms with Crippen molar-refractivity contribution in [1.82, 2.24) is 4.90 Å². The van der Waals surface area contributed by atoms with Gasteiger partial charge in [0.2, 0.25) is 0 Å². The number of carbonyl (C=O) groups excluding carboxylic acids is 1. The second-order valence-corrected chi connectivity index (χ2v) is 5.54. The van der Waals surface area contributed by atoms with Crippen LogP contribution in [0.15, 0.2) is 47.2 Å². The molecule has 1 aromatic carbocycles. The van der Waals surface area contributed by atoms with Crippen LogP contribution in [0.25, 0.3) is 0 Å². The molecule has 2 rings (SSSR count). The van der Waals surface area contributed by atoms with Crippen molar-refractivity contribution in [2.24, 2.45) is 0 Å². The minimum absolute atomic E-state index is 0.0866. The first-order valence-electron chi connectivity index (χ1n) is 6.91. The van der Waals surface area contributed by atoms with Gasteiger partial charge in [-0.25, -0.2) is 4.79 Å². The number of nitrogens with one attached hydrogen (secondary N) is 1. The first kappa shape index (κ1) is 15.5. The Morgan fingerprint density at radius 3 is 2.81 bits per heavy atom. The molecule has 1 N–H and O–H groups in total. The van der Waals surface area contributed by atoms with Gasteiger partial charge in [-0.15, -0.1) is 0 Å². The van der Waals surface area contributed by atoms with E-state index in [4.69, 9.17) is 4.74 Å². The maximum absolute atomic E-state index is 11.9. The highest BCUT2D eigenvalue weighted by atomic mass is 32.1. The molecular weight excluding hydrogens is 284 g/mol. The molecule has 0 aliphatic carbocycles. The van der Waals surface area contributed by atoms with Crippen LogP contribution in [0.3, 0.4) is 0 Å². The molecule has 21 heavy (non-hydrogen) atoms. The minimum Gasteiger partial charge on any atom is -0.377 e. The SMILES string of the molecule is CN(CCCOCc1ccccc1)C(=O)Nc1ccsc1. The Morgan fingerprint density at radius 1 is 1.29 bits per heavy atom. The lowest BCUT2D eigenvalue weighted by atomic mass is 10.2. The third kappa shape index (κ3) is 5.57. The fraction of sp³-hybridized carbons (Fsp3) is 0.312. The van der Waals surface area contributed by atoms with E-state index < -0.39 is 0 Å². The fourth-order valence-electron chi connectivity index (χ4n) is 1.82. The number of rotatable bonds is 7. The van der Waals surface area contributed by atoms with Gasteiger partial charge in [-0.2, -0.15) is 11.3 Å². The molecule has 0 unspecified atom stereocenters. The van der Waals surface area contributed by atoms with Gasteiger partial charge in [0.05, 0.1) is 12.3 Å². The number of carbonyl (C=O) groups is 1. The summed E-state index contributed by atoms with van der Waals surface area (Å²) in [5.74, 6) is 0. The third-order valence-corrected chi connectivity index (χ3v) is 3.70. The first-order chi connectivity index (χ1) is 10.3. The first-order valence-corrected chi connectivity index (χ1v) is 7.86. The van der Waals surface area contributed by atoms with Gasteiger partial charge in [0.1, 0.15) is 0 Å². The molecule has 0 saturated heterocycles. The number of urea groups is 1. The number of nitrogens with zero attached hydrogens (tertiary/aromatic N) is 1. The molecule has 0 aliphatic rings. The second kappa shape index (κ2) is 8.44. The van der Waals surface area contributed by atoms with E-state index in [0.717, 1.165) is 12.1 Å². The lowest BCUT2D eigenvalue weighted by molar-refractivity contribution is 0.113. The van der Waals surface area contributed by atoms with Crippen molar-refractivity contribution in [1.29, 1.82) is 0 Å². The maximum Gasteiger partial charge on any atom is 0.321 e. The van der Waals surface area contributed by atoms with Crippen LogP contribution in [-0.4, -0.2) is 31.1 Å². The summed E-state index contributed by atoms with van der Waals surface area (Å²) in [6, 6.07) is 11.9. The molecule has 2 aromatic rings. The number of anilines is 1. The van der Waals surface area contributed by atoms with Crippen LogP contribution in [0.2, 0.25) is 0 Å². The van der Waals surface area contributed by atoms with Crippen LogP contribution < -0.4 is 5.32 Å². The predicted molar refractivity (Wildman–Crippen MR) is 86.7 cm³/mol. The van der Waals surface area contributed by atoms with Crippen LogP contribution in [-0.2, 0) is 11.3 Å². The molecule has 1 aromatic heterocycles. The number of ether oxygens (including phenoxy) is 1. The van der Waals surface area contributed by atoms with E-state index in [1.165, 1.54) is 5.56 Å². The molecule has 0 radical (unpaired) electrons. The van der Waals surface area contributed by atoms with Crippen molar-refractivity contribution in [2.75, 3.05) is 25.5 Å². The quantitative estimate of drug-likeness (QED) is 0.790. The molecule has 112 valence electrons. The van der Waals surface area contributed by atoms with Gasteiger partial charge in [0, 0.05) is 25.6 Å². The summed E-state index contributed by atoms with van der Waals surface area (Å²) in [5, 5.41) is 6.69. The van der Waals surface area contributed by atoms with Crippen molar-refractivity contribution >= 4 is 23.1 Å². The maximum atomic E-state index is 11.9. The lowest BCUT2D eigenvalue weighted by Gasteiger charge is -2.17. The number of thiophene rings is 1. The van der Waals surface area contributed by atoms with E-state index in [1.54, 1.807) is 23.3 Å². The molecule has 0 spiro atoms. The number of hydrogen-bond donors (Lipinski definition) is 1. The van der Waals surface area contributed by atoms with Crippen LogP contribution in [0.1, 0.15) is 12.0 Å². The van der Waals surface area contributed by atoms with Crippen LogP contribution in [0.5, 0.6) is 0 Å². The largest absolute Gasteiger partial charge is 0.377 e. The van der Waals surface area contributed by atoms with Crippen molar-refractivity contribution < 1.29 is 9.53 Å². The molecular formula is C16H20N2O2S. The average molecular weight is 304 g/mol. The van der Waals surface area contributed by atoms with Gasteiger partial charge in [-0.05, 0) is 23.4 Å². The number of benzene rings is 1. The molecule has 5 heteroatoms. The average Bonchev–Trinajstić information content (AvgIpc) is 3.00. The number of hydrogen-bond acceptors (Lipinski definition) is 3. The summed E-state index contributed by atoms with van der Waals surface area (Å²) >= 11 is 1.56. The predicted octanol–water partition coefficient (Wildman–Crippen LogP) is 3.82. The molecule has 0 atom stereocenters. The Morgan fingerprint density at radius 2 is 2.10 bits per heavy atom. The van der Waals surface area contributed by atoms with E-state index >= 15 is 0 Å². The molecule has 0 fully saturated rings. The van der Waals surface area contributed by atoms with Crippen molar-refractivity contribution in [3.8, 4) is 0 Å². The summed E-state index contributed by atoms with van der Waals surface area (Å²) in [7, 11) is 1.79. The van der Waals surface area contributed by atoms with Crippen LogP contribution in [0, 0.1) is 0 Å². The van der Waals surface area contributed by atoms with Crippen LogP contribution >= 0.6 is 11.3 Å². The highest BCUT2D eigenvalue weighted by molar-refractivity contribution is 7.08. The Kier molecular flexibility index (Phi) is 6.24. The van der Waals surface area contributed by atoms with Crippen molar-refractivity contribution in [3.05, 3.63) is 52.7 Å². The van der Waals surface area contributed by atoms with Gasteiger partial charge in [0.25, 0.3) is 0 Å². The lowest BCUT2D eigenvalue weighted by Crippen LogP contribution is -2.32. The van der Waals surface area contributed by atoms with Gasteiger partial charge >= 0.3 is 6.03 Å². The van der Waals surface area contributed by atoms with Gasteiger partial charge in [-0.3, -0.25) is 0 Å². The van der Waals surface area contributed by atoms with E-state index in [0.29, 0.717) is 19.8 Å². The fourth-order valence-corrected chi connectivity index (χ4v) is 2.41. The van der Waals surface area contributed by atoms with Gasteiger partial charge < -0.3 is 15.0 Å². The van der Waals surface area contributed by atoms with E-state index in [9.17, 15) is 4.79 Å². The zero-order valence-electron chi connectivity index (χ0n) is 12.1. The zero-order valence-corrected chi connectivity index (χ0v) is 12.9. The standard InChI is InChI=1S/C16H20N2O2S/c1-18(16(19)17-15-8-11-21-13-15)9-5-10-20-12-14-6-3-2-4-7-14/h2-4,6-8,11,13H,5,9-10,12H2,1H3,(H,17,19). The van der Waals surface area contributed by atoms with Crippen molar-refractivity contribution in [2.45, 2.75) is 13.0 Å². The van der Waals surface area contributed by atoms with E-state index in [-0.39, 0.29) is 6.03 Å². The molecule has 2 amide bonds. The minimum atomic E-state index is -0.0866. The Balaban J connectivity index is 1.58. The topological polar surface area (TPSA) is 41.6 Å². The third-order valence-electron chi connectivity index (χ3n) is 3.01. The monoisotopic (exact) mass is 304 g/mol. The summed E-state index contributed by atoms with van der Waals surface area (Å²) in [6.07, 6.45) is 0.820. The Hall–Kier alpha value is -1.85. The summed E-state index contributed by atoms with van der Waals surface area (Å²) in [4.78, 5) is 13.5.